The second kappa shape index (κ2) is 11.1. The minimum absolute atomic E-state index is 0.461. The average Bonchev–Trinajstić information content (AvgIpc) is 3.23. The minimum atomic E-state index is 0.461. The molecule has 32 heavy (non-hydrogen) atoms. The Bertz CT molecular complexity index is 896. The summed E-state index contributed by atoms with van der Waals surface area (Å²) in [7, 11) is 0. The Hall–Kier alpha value is -2.12. The number of nitrogens with one attached hydrogen (secondary N) is 1. The van der Waals surface area contributed by atoms with Crippen molar-refractivity contribution < 1.29 is 0 Å². The van der Waals surface area contributed by atoms with Crippen molar-refractivity contribution in [2.24, 2.45) is 5.10 Å². The van der Waals surface area contributed by atoms with E-state index in [0.29, 0.717) is 16.0 Å². The van der Waals surface area contributed by atoms with Crippen LogP contribution in [0, 0.1) is 0 Å². The number of anilines is 3. The van der Waals surface area contributed by atoms with Crippen LogP contribution in [0.1, 0.15) is 63.9 Å². The minimum Gasteiger partial charge on any atom is -0.341 e. The first-order chi connectivity index (χ1) is 15.6. The highest BCUT2D eigenvalue weighted by Gasteiger charge is 2.19. The number of aromatic nitrogens is 3. The third-order valence-corrected chi connectivity index (χ3v) is 6.58. The van der Waals surface area contributed by atoms with E-state index in [4.69, 9.17) is 38.2 Å². The molecule has 2 aromatic rings. The van der Waals surface area contributed by atoms with Gasteiger partial charge in [-0.15, -0.1) is 0 Å². The van der Waals surface area contributed by atoms with E-state index >= 15 is 0 Å². The molecule has 172 valence electrons. The lowest BCUT2D eigenvalue weighted by molar-refractivity contribution is 0.726. The predicted molar refractivity (Wildman–Crippen MR) is 133 cm³/mol. The number of rotatable bonds is 5. The first-order valence-corrected chi connectivity index (χ1v) is 12.4. The van der Waals surface area contributed by atoms with E-state index in [9.17, 15) is 0 Å². The summed E-state index contributed by atoms with van der Waals surface area (Å²) < 4.78 is 0. The number of hydrazone groups is 1. The second-order valence-electron chi connectivity index (χ2n) is 8.49. The van der Waals surface area contributed by atoms with Crippen LogP contribution in [0.4, 0.5) is 17.8 Å². The van der Waals surface area contributed by atoms with Crippen LogP contribution in [-0.4, -0.2) is 46.8 Å². The van der Waals surface area contributed by atoms with Crippen LogP contribution in [0.15, 0.2) is 23.3 Å². The lowest BCUT2D eigenvalue weighted by atomic mass is 10.1. The van der Waals surface area contributed by atoms with Gasteiger partial charge in [0.05, 0.1) is 10.7 Å². The maximum absolute atomic E-state index is 6.34. The molecule has 2 saturated heterocycles. The fraction of sp³-hybridized carbons (Fsp3) is 0.565. The molecule has 4 rings (SSSR count). The summed E-state index contributed by atoms with van der Waals surface area (Å²) >= 11 is 12.4. The highest BCUT2D eigenvalue weighted by Crippen LogP contribution is 2.24. The summed E-state index contributed by atoms with van der Waals surface area (Å²) in [4.78, 5) is 18.9. The Morgan fingerprint density at radius 1 is 0.812 bits per heavy atom. The van der Waals surface area contributed by atoms with E-state index in [1.54, 1.807) is 12.1 Å². The molecule has 0 unspecified atom stereocenters. The molecular formula is C23H31Cl2N7. The van der Waals surface area contributed by atoms with Gasteiger partial charge in [0.2, 0.25) is 17.8 Å². The zero-order chi connectivity index (χ0) is 22.3. The molecule has 0 atom stereocenters. The summed E-state index contributed by atoms with van der Waals surface area (Å²) in [6.07, 6.45) is 9.71. The highest BCUT2D eigenvalue weighted by atomic mass is 35.5. The van der Waals surface area contributed by atoms with E-state index in [1.165, 1.54) is 51.4 Å². The van der Waals surface area contributed by atoms with Gasteiger partial charge in [-0.25, -0.2) is 5.43 Å². The van der Waals surface area contributed by atoms with Gasteiger partial charge in [-0.2, -0.15) is 20.1 Å². The maximum Gasteiger partial charge on any atom is 0.250 e. The molecular weight excluding hydrogens is 445 g/mol. The fourth-order valence-electron chi connectivity index (χ4n) is 4.21. The summed E-state index contributed by atoms with van der Waals surface area (Å²) in [5, 5.41) is 5.67. The van der Waals surface area contributed by atoms with Gasteiger partial charge in [-0.3, -0.25) is 0 Å². The number of hydrogen-bond acceptors (Lipinski definition) is 7. The highest BCUT2D eigenvalue weighted by molar-refractivity contribution is 6.37. The molecule has 1 N–H and O–H groups in total. The van der Waals surface area contributed by atoms with Gasteiger partial charge in [-0.05, 0) is 44.7 Å². The third kappa shape index (κ3) is 6.01. The second-order valence-corrected chi connectivity index (χ2v) is 9.34. The molecule has 0 saturated carbocycles. The lowest BCUT2D eigenvalue weighted by Gasteiger charge is -2.24. The van der Waals surface area contributed by atoms with Crippen LogP contribution >= 0.6 is 23.2 Å². The average molecular weight is 476 g/mol. The molecule has 0 aliphatic carbocycles. The van der Waals surface area contributed by atoms with Gasteiger partial charge in [0.25, 0.3) is 0 Å². The Labute approximate surface area is 200 Å². The van der Waals surface area contributed by atoms with Gasteiger partial charge >= 0.3 is 0 Å². The van der Waals surface area contributed by atoms with Gasteiger partial charge in [0, 0.05) is 36.8 Å². The van der Waals surface area contributed by atoms with Crippen LogP contribution in [0.3, 0.4) is 0 Å². The van der Waals surface area contributed by atoms with Crippen LogP contribution in [0.25, 0.3) is 0 Å². The topological polar surface area (TPSA) is 69.5 Å². The predicted octanol–water partition coefficient (Wildman–Crippen LogP) is 5.78. The van der Waals surface area contributed by atoms with Gasteiger partial charge in [-0.1, -0.05) is 55.0 Å². The zero-order valence-corrected chi connectivity index (χ0v) is 20.2. The molecule has 7 nitrogen and oxygen atoms in total. The van der Waals surface area contributed by atoms with Crippen molar-refractivity contribution in [2.75, 3.05) is 41.4 Å². The Kier molecular flexibility index (Phi) is 8.03. The normalized spacial score (nSPS) is 18.3. The lowest BCUT2D eigenvalue weighted by Crippen LogP contribution is -2.30. The van der Waals surface area contributed by atoms with Crippen LogP contribution < -0.4 is 15.2 Å². The molecule has 2 aliphatic rings. The number of benzene rings is 1. The van der Waals surface area contributed by atoms with Crippen LogP contribution in [0.5, 0.6) is 0 Å². The SMILES string of the molecule is CC(=NNc1nc(N2CCCCCC2)nc(N2CCCCCC2)n1)c1ccc(Cl)cc1Cl. The van der Waals surface area contributed by atoms with Crippen molar-refractivity contribution >= 4 is 46.8 Å². The van der Waals surface area contributed by atoms with E-state index < -0.39 is 0 Å². The smallest absolute Gasteiger partial charge is 0.250 e. The standard InChI is InChI=1S/C23H31Cl2N7/c1-17(19-11-10-18(24)16-20(19)25)29-30-21-26-22(31-12-6-2-3-7-13-31)28-23(27-21)32-14-8-4-5-9-15-32/h10-11,16H,2-9,12-15H2,1H3,(H,26,27,28,30). The molecule has 1 aromatic heterocycles. The molecule has 0 amide bonds. The van der Waals surface area contributed by atoms with E-state index in [0.717, 1.165) is 49.4 Å². The van der Waals surface area contributed by atoms with Crippen molar-refractivity contribution in [1.82, 2.24) is 15.0 Å². The Balaban J connectivity index is 1.61. The first-order valence-electron chi connectivity index (χ1n) is 11.6. The summed E-state index contributed by atoms with van der Waals surface area (Å²) in [6.45, 7) is 5.81. The van der Waals surface area contributed by atoms with E-state index in [1.807, 2.05) is 13.0 Å². The molecule has 0 radical (unpaired) electrons. The van der Waals surface area contributed by atoms with Crippen LogP contribution in [-0.2, 0) is 0 Å². The number of hydrogen-bond donors (Lipinski definition) is 1. The summed E-state index contributed by atoms with van der Waals surface area (Å²) in [5.74, 6) is 1.94. The fourth-order valence-corrected chi connectivity index (χ4v) is 4.75. The maximum atomic E-state index is 6.34. The van der Waals surface area contributed by atoms with Crippen molar-refractivity contribution in [1.29, 1.82) is 0 Å². The number of halogens is 2. The Morgan fingerprint density at radius 2 is 1.34 bits per heavy atom. The van der Waals surface area contributed by atoms with Gasteiger partial charge in [0.15, 0.2) is 0 Å². The molecule has 1 aromatic carbocycles. The largest absolute Gasteiger partial charge is 0.341 e. The summed E-state index contributed by atoms with van der Waals surface area (Å²) in [6, 6.07) is 5.39. The van der Waals surface area contributed by atoms with Crippen molar-refractivity contribution in [3.63, 3.8) is 0 Å². The van der Waals surface area contributed by atoms with Crippen molar-refractivity contribution in [2.45, 2.75) is 58.3 Å². The quantitative estimate of drug-likeness (QED) is 0.436. The van der Waals surface area contributed by atoms with Crippen molar-refractivity contribution in [3.05, 3.63) is 33.8 Å². The van der Waals surface area contributed by atoms with Gasteiger partial charge in [0.1, 0.15) is 0 Å². The van der Waals surface area contributed by atoms with E-state index in [2.05, 4.69) is 20.3 Å². The molecule has 3 heterocycles. The molecule has 0 bridgehead atoms. The third-order valence-electron chi connectivity index (χ3n) is 6.03. The Morgan fingerprint density at radius 3 is 1.84 bits per heavy atom. The van der Waals surface area contributed by atoms with Crippen molar-refractivity contribution in [3.8, 4) is 0 Å². The molecule has 0 spiro atoms. The van der Waals surface area contributed by atoms with E-state index in [-0.39, 0.29) is 0 Å². The molecule has 9 heteroatoms. The van der Waals surface area contributed by atoms with Crippen LogP contribution in [0.2, 0.25) is 10.0 Å². The molecule has 2 fully saturated rings. The number of nitrogens with zero attached hydrogens (tertiary/aromatic N) is 6. The summed E-state index contributed by atoms with van der Waals surface area (Å²) in [5.41, 5.74) is 4.61. The zero-order valence-electron chi connectivity index (χ0n) is 18.7. The first kappa shape index (κ1) is 23.1. The monoisotopic (exact) mass is 475 g/mol. The van der Waals surface area contributed by atoms with Gasteiger partial charge < -0.3 is 9.80 Å². The molecule has 2 aliphatic heterocycles.